The first-order chi connectivity index (χ1) is 16.9. The zero-order valence-electron chi connectivity index (χ0n) is 19.9. The summed E-state index contributed by atoms with van der Waals surface area (Å²) in [7, 11) is 1.55. The van der Waals surface area contributed by atoms with Crippen molar-refractivity contribution in [2.45, 2.75) is 19.4 Å². The molecule has 0 atom stereocenters. The molecule has 178 valence electrons. The topological polar surface area (TPSA) is 93.5 Å². The molecule has 9 nitrogen and oxygen atoms in total. The van der Waals surface area contributed by atoms with Crippen LogP contribution in [0.2, 0.25) is 0 Å². The number of carbonyl (C=O) groups is 2. The normalized spacial score (nSPS) is 15.3. The maximum absolute atomic E-state index is 13.4. The van der Waals surface area contributed by atoms with Crippen molar-refractivity contribution in [3.63, 3.8) is 0 Å². The molecule has 0 aliphatic carbocycles. The molecular weight excluding hydrogens is 444 g/mol. The highest BCUT2D eigenvalue weighted by atomic mass is 16.5. The fourth-order valence-corrected chi connectivity index (χ4v) is 4.49. The zero-order chi connectivity index (χ0) is 24.6. The lowest BCUT2D eigenvalue weighted by Gasteiger charge is -2.46. The van der Waals surface area contributed by atoms with Crippen LogP contribution < -0.4 is 4.74 Å². The molecule has 0 saturated carbocycles. The molecule has 2 aromatic carbocycles. The van der Waals surface area contributed by atoms with Gasteiger partial charge in [0.05, 0.1) is 18.3 Å². The highest BCUT2D eigenvalue weighted by Gasteiger charge is 2.40. The Kier molecular flexibility index (Phi) is 5.68. The van der Waals surface area contributed by atoms with Crippen LogP contribution in [-0.4, -0.2) is 73.6 Å². The lowest BCUT2D eigenvalue weighted by molar-refractivity contribution is 0.0158. The van der Waals surface area contributed by atoms with Gasteiger partial charge in [0.2, 0.25) is 11.7 Å². The Labute approximate surface area is 203 Å². The predicted molar refractivity (Wildman–Crippen MR) is 131 cm³/mol. The van der Waals surface area contributed by atoms with E-state index in [1.807, 2.05) is 68.4 Å². The van der Waals surface area contributed by atoms with E-state index in [0.717, 1.165) is 16.5 Å². The van der Waals surface area contributed by atoms with E-state index in [9.17, 15) is 9.59 Å². The number of fused-ring (bicyclic) bond motifs is 1. The van der Waals surface area contributed by atoms with E-state index in [4.69, 9.17) is 4.74 Å². The fraction of sp³-hybridized carbons (Fsp3) is 0.269. The van der Waals surface area contributed by atoms with E-state index in [0.29, 0.717) is 31.2 Å². The first-order valence-electron chi connectivity index (χ1n) is 11.4. The first-order valence-corrected chi connectivity index (χ1v) is 11.4. The van der Waals surface area contributed by atoms with Crippen molar-refractivity contribution in [3.05, 3.63) is 78.5 Å². The SMILES string of the molecule is COc1nc(C(=O)N2CCN(C(=O)c3ncn(-c4ccccc4)n3)C(C)(C)C2)cc2ccccc12. The van der Waals surface area contributed by atoms with Crippen molar-refractivity contribution < 1.29 is 14.3 Å². The summed E-state index contributed by atoms with van der Waals surface area (Å²) >= 11 is 0. The van der Waals surface area contributed by atoms with Crippen molar-refractivity contribution in [1.82, 2.24) is 29.5 Å². The Balaban J connectivity index is 1.34. The maximum atomic E-state index is 13.4. The van der Waals surface area contributed by atoms with Crippen molar-refractivity contribution in [1.29, 1.82) is 0 Å². The van der Waals surface area contributed by atoms with Crippen LogP contribution in [0.5, 0.6) is 5.88 Å². The van der Waals surface area contributed by atoms with Gasteiger partial charge in [-0.2, -0.15) is 0 Å². The second-order valence-electron chi connectivity index (χ2n) is 9.08. The third-order valence-corrected chi connectivity index (χ3v) is 6.26. The number of rotatable bonds is 4. The number of benzene rings is 2. The standard InChI is InChI=1S/C26H26N6O3/c1-26(2)16-30(24(33)21-15-18-9-7-8-12-20(18)23(28-21)35-3)13-14-31(26)25(34)22-27-17-32(29-22)19-10-5-4-6-11-19/h4-12,15,17H,13-14,16H2,1-3H3. The molecule has 0 bridgehead atoms. The van der Waals surface area contributed by atoms with Crippen LogP contribution in [0, 0.1) is 0 Å². The number of piperazine rings is 1. The number of hydrogen-bond donors (Lipinski definition) is 0. The Morgan fingerprint density at radius 1 is 0.971 bits per heavy atom. The quantitative estimate of drug-likeness (QED) is 0.455. The summed E-state index contributed by atoms with van der Waals surface area (Å²) in [6.45, 7) is 4.97. The van der Waals surface area contributed by atoms with Gasteiger partial charge in [0.15, 0.2) is 0 Å². The molecule has 1 aliphatic heterocycles. The monoisotopic (exact) mass is 470 g/mol. The molecule has 2 aromatic heterocycles. The van der Waals surface area contributed by atoms with Crippen molar-refractivity contribution in [2.75, 3.05) is 26.7 Å². The van der Waals surface area contributed by atoms with Crippen LogP contribution in [0.1, 0.15) is 35.0 Å². The fourth-order valence-electron chi connectivity index (χ4n) is 4.49. The highest BCUT2D eigenvalue weighted by Crippen LogP contribution is 2.27. The molecule has 3 heterocycles. The Hall–Kier alpha value is -4.27. The minimum atomic E-state index is -0.621. The van der Waals surface area contributed by atoms with E-state index in [1.165, 1.54) is 6.33 Å². The van der Waals surface area contributed by atoms with E-state index in [2.05, 4.69) is 15.1 Å². The van der Waals surface area contributed by atoms with E-state index in [-0.39, 0.29) is 17.6 Å². The molecule has 1 fully saturated rings. The molecule has 0 unspecified atom stereocenters. The lowest BCUT2D eigenvalue weighted by Crippen LogP contribution is -2.62. The van der Waals surface area contributed by atoms with Crippen molar-refractivity contribution >= 4 is 22.6 Å². The summed E-state index contributed by atoms with van der Waals surface area (Å²) in [4.78, 5) is 38.8. The van der Waals surface area contributed by atoms with Gasteiger partial charge in [0.25, 0.3) is 11.8 Å². The summed E-state index contributed by atoms with van der Waals surface area (Å²) in [6.07, 6.45) is 1.54. The second-order valence-corrected chi connectivity index (χ2v) is 9.08. The molecule has 0 spiro atoms. The van der Waals surface area contributed by atoms with Crippen LogP contribution in [0.4, 0.5) is 0 Å². The van der Waals surface area contributed by atoms with Crippen LogP contribution in [-0.2, 0) is 0 Å². The third-order valence-electron chi connectivity index (χ3n) is 6.26. The molecular formula is C26H26N6O3. The Morgan fingerprint density at radius 2 is 1.71 bits per heavy atom. The minimum Gasteiger partial charge on any atom is -0.481 e. The molecule has 9 heteroatoms. The minimum absolute atomic E-state index is 0.127. The van der Waals surface area contributed by atoms with Crippen molar-refractivity contribution in [3.8, 4) is 11.6 Å². The summed E-state index contributed by atoms with van der Waals surface area (Å²) in [5.74, 6) is 0.0882. The number of hydrogen-bond acceptors (Lipinski definition) is 6. The number of nitrogens with zero attached hydrogens (tertiary/aromatic N) is 6. The van der Waals surface area contributed by atoms with Gasteiger partial charge in [0.1, 0.15) is 12.0 Å². The highest BCUT2D eigenvalue weighted by molar-refractivity contribution is 5.98. The third kappa shape index (κ3) is 4.21. The first kappa shape index (κ1) is 22.5. The van der Waals surface area contributed by atoms with Crippen LogP contribution >= 0.6 is 0 Å². The summed E-state index contributed by atoms with van der Waals surface area (Å²) in [5.41, 5.74) is 0.524. The van der Waals surface area contributed by atoms with Gasteiger partial charge in [-0.15, -0.1) is 5.10 Å². The van der Waals surface area contributed by atoms with Gasteiger partial charge in [-0.1, -0.05) is 36.4 Å². The number of methoxy groups -OCH3 is 1. The van der Waals surface area contributed by atoms with Crippen LogP contribution in [0.3, 0.4) is 0 Å². The molecule has 4 aromatic rings. The zero-order valence-corrected chi connectivity index (χ0v) is 19.9. The smallest absolute Gasteiger partial charge is 0.294 e. The number of para-hydroxylation sites is 1. The molecule has 0 radical (unpaired) electrons. The summed E-state index contributed by atoms with van der Waals surface area (Å²) in [5, 5.41) is 6.12. The molecule has 0 N–H and O–H groups in total. The number of aromatic nitrogens is 4. The summed E-state index contributed by atoms with van der Waals surface area (Å²) in [6, 6.07) is 19.0. The molecule has 1 aliphatic rings. The molecule has 1 saturated heterocycles. The second kappa shape index (κ2) is 8.83. The average molecular weight is 471 g/mol. The Bertz CT molecular complexity index is 1400. The van der Waals surface area contributed by atoms with E-state index >= 15 is 0 Å². The molecule has 35 heavy (non-hydrogen) atoms. The van der Waals surface area contributed by atoms with Gasteiger partial charge in [-0.25, -0.2) is 14.6 Å². The van der Waals surface area contributed by atoms with Gasteiger partial charge in [-0.05, 0) is 43.5 Å². The number of carbonyl (C=O) groups excluding carboxylic acids is 2. The Morgan fingerprint density at radius 3 is 2.46 bits per heavy atom. The van der Waals surface area contributed by atoms with E-state index in [1.54, 1.807) is 27.7 Å². The van der Waals surface area contributed by atoms with Gasteiger partial charge in [-0.3, -0.25) is 9.59 Å². The van der Waals surface area contributed by atoms with Gasteiger partial charge >= 0.3 is 0 Å². The lowest BCUT2D eigenvalue weighted by atomic mass is 9.98. The molecule has 2 amide bonds. The van der Waals surface area contributed by atoms with E-state index < -0.39 is 5.54 Å². The largest absolute Gasteiger partial charge is 0.481 e. The maximum Gasteiger partial charge on any atom is 0.294 e. The number of pyridine rings is 1. The van der Waals surface area contributed by atoms with Crippen molar-refractivity contribution in [2.24, 2.45) is 0 Å². The number of amides is 2. The summed E-state index contributed by atoms with van der Waals surface area (Å²) < 4.78 is 7.01. The molecule has 5 rings (SSSR count). The average Bonchev–Trinajstić information content (AvgIpc) is 3.37. The van der Waals surface area contributed by atoms with Gasteiger partial charge < -0.3 is 14.5 Å². The van der Waals surface area contributed by atoms with Gasteiger partial charge in [0, 0.05) is 25.0 Å². The van der Waals surface area contributed by atoms with Crippen LogP contribution in [0.25, 0.3) is 16.5 Å². The predicted octanol–water partition coefficient (Wildman–Crippen LogP) is 3.20. The van der Waals surface area contributed by atoms with Crippen LogP contribution in [0.15, 0.2) is 67.0 Å². The number of ether oxygens (including phenoxy) is 1.